The molecule has 0 aliphatic rings. The highest BCUT2D eigenvalue weighted by Gasteiger charge is 2.21. The van der Waals surface area contributed by atoms with Crippen LogP contribution < -0.4 is 14.4 Å². The van der Waals surface area contributed by atoms with E-state index in [1.54, 1.807) is 24.3 Å². The first-order valence-electron chi connectivity index (χ1n) is 8.07. The summed E-state index contributed by atoms with van der Waals surface area (Å²) < 4.78 is 30.0. The number of amides is 1. The minimum Gasteiger partial charge on any atom is -0.481 e. The molecule has 6 nitrogen and oxygen atoms in total. The van der Waals surface area contributed by atoms with Gasteiger partial charge in [-0.2, -0.15) is 0 Å². The number of benzene rings is 1. The van der Waals surface area contributed by atoms with E-state index < -0.39 is 16.1 Å². The van der Waals surface area contributed by atoms with Crippen LogP contribution in [0.1, 0.15) is 34.1 Å². The molecule has 2 atom stereocenters. The Hall–Kier alpha value is -1.76. The van der Waals surface area contributed by atoms with E-state index in [0.29, 0.717) is 23.8 Å². The minimum atomic E-state index is -3.30. The molecular weight excluding hydrogens is 328 g/mol. The van der Waals surface area contributed by atoms with E-state index in [-0.39, 0.29) is 11.9 Å². The lowest BCUT2D eigenvalue weighted by molar-refractivity contribution is -0.129. The fraction of sp³-hybridized carbons (Fsp3) is 0.588. The number of rotatable bonds is 8. The molecule has 0 aliphatic carbocycles. The molecule has 0 spiro atoms. The Morgan fingerprint density at radius 3 is 2.17 bits per heavy atom. The smallest absolute Gasteiger partial charge is 0.261 e. The molecule has 1 amide bonds. The fourth-order valence-corrected chi connectivity index (χ4v) is 2.40. The number of anilines is 1. The van der Waals surface area contributed by atoms with Crippen molar-refractivity contribution < 1.29 is 17.9 Å². The van der Waals surface area contributed by atoms with Crippen LogP contribution in [-0.2, 0) is 14.8 Å². The van der Waals surface area contributed by atoms with Crippen molar-refractivity contribution in [1.29, 1.82) is 0 Å². The van der Waals surface area contributed by atoms with Crippen LogP contribution in [0, 0.1) is 5.92 Å². The maximum absolute atomic E-state index is 12.3. The second-order valence-electron chi connectivity index (χ2n) is 6.28. The molecule has 0 saturated heterocycles. The average Bonchev–Trinajstić information content (AvgIpc) is 2.51. The van der Waals surface area contributed by atoms with E-state index in [0.717, 1.165) is 6.26 Å². The van der Waals surface area contributed by atoms with Crippen molar-refractivity contribution >= 4 is 21.6 Å². The third-order valence-electron chi connectivity index (χ3n) is 4.01. The van der Waals surface area contributed by atoms with E-state index in [1.807, 2.05) is 27.7 Å². The molecule has 0 aliphatic heterocycles. The molecule has 0 aromatic heterocycles. The Labute approximate surface area is 145 Å². The van der Waals surface area contributed by atoms with E-state index in [4.69, 9.17) is 4.74 Å². The lowest BCUT2D eigenvalue weighted by Crippen LogP contribution is -2.44. The van der Waals surface area contributed by atoms with Crippen molar-refractivity contribution in [3.63, 3.8) is 0 Å². The quantitative estimate of drug-likeness (QED) is 0.776. The summed E-state index contributed by atoms with van der Waals surface area (Å²) in [4.78, 5) is 12.3. The van der Waals surface area contributed by atoms with Gasteiger partial charge in [0.1, 0.15) is 5.75 Å². The normalized spacial score (nSPS) is 14.1. The van der Waals surface area contributed by atoms with Gasteiger partial charge in [0.25, 0.3) is 5.91 Å². The first-order chi connectivity index (χ1) is 11.1. The van der Waals surface area contributed by atoms with Gasteiger partial charge in [-0.3, -0.25) is 9.10 Å². The standard InChI is InChI=1S/C17H28N2O4S/c1-7-16(17(20)18-13(4)12(2)3)23-15-10-8-14(9-11-15)19(5)24(6,21)22/h8-13,16H,7H2,1-6H3,(H,18,20)/t13-,16+/m0/s1. The molecular formula is C17H28N2O4S. The third kappa shape index (κ3) is 5.70. The van der Waals surface area contributed by atoms with Crippen molar-refractivity contribution in [1.82, 2.24) is 5.32 Å². The summed E-state index contributed by atoms with van der Waals surface area (Å²) >= 11 is 0. The van der Waals surface area contributed by atoms with Gasteiger partial charge in [0.05, 0.1) is 11.9 Å². The van der Waals surface area contributed by atoms with Gasteiger partial charge in [0.2, 0.25) is 10.0 Å². The molecule has 0 saturated carbocycles. The number of nitrogens with zero attached hydrogens (tertiary/aromatic N) is 1. The van der Waals surface area contributed by atoms with Crippen molar-refractivity contribution in [2.24, 2.45) is 5.92 Å². The maximum atomic E-state index is 12.3. The van der Waals surface area contributed by atoms with E-state index in [9.17, 15) is 13.2 Å². The number of carbonyl (C=O) groups is 1. The summed E-state index contributed by atoms with van der Waals surface area (Å²) in [6.45, 7) is 7.94. The molecule has 0 bridgehead atoms. The van der Waals surface area contributed by atoms with Crippen LogP contribution in [0.4, 0.5) is 5.69 Å². The molecule has 1 aromatic rings. The summed E-state index contributed by atoms with van der Waals surface area (Å²) in [5, 5.41) is 2.95. The summed E-state index contributed by atoms with van der Waals surface area (Å²) in [6.07, 6.45) is 1.11. The van der Waals surface area contributed by atoms with Crippen molar-refractivity contribution in [3.05, 3.63) is 24.3 Å². The van der Waals surface area contributed by atoms with Gasteiger partial charge in [0, 0.05) is 13.1 Å². The predicted molar refractivity (Wildman–Crippen MR) is 96.8 cm³/mol. The molecule has 24 heavy (non-hydrogen) atoms. The molecule has 136 valence electrons. The zero-order valence-corrected chi connectivity index (χ0v) is 16.1. The van der Waals surface area contributed by atoms with Gasteiger partial charge >= 0.3 is 0 Å². The number of ether oxygens (including phenoxy) is 1. The molecule has 1 aromatic carbocycles. The zero-order chi connectivity index (χ0) is 18.5. The number of nitrogens with one attached hydrogen (secondary N) is 1. The van der Waals surface area contributed by atoms with Crippen LogP contribution in [0.25, 0.3) is 0 Å². The molecule has 0 heterocycles. The van der Waals surface area contributed by atoms with Crippen LogP contribution in [-0.4, -0.2) is 39.8 Å². The van der Waals surface area contributed by atoms with Crippen molar-refractivity contribution in [3.8, 4) is 5.75 Å². The Morgan fingerprint density at radius 1 is 1.21 bits per heavy atom. The molecule has 1 rings (SSSR count). The molecule has 7 heteroatoms. The highest BCUT2D eigenvalue weighted by Crippen LogP contribution is 2.21. The van der Waals surface area contributed by atoms with Gasteiger partial charge in [-0.25, -0.2) is 8.42 Å². The third-order valence-corrected chi connectivity index (χ3v) is 5.22. The number of hydrogen-bond acceptors (Lipinski definition) is 4. The number of hydrogen-bond donors (Lipinski definition) is 1. The van der Waals surface area contributed by atoms with Crippen LogP contribution in [0.5, 0.6) is 5.75 Å². The van der Waals surface area contributed by atoms with Crippen LogP contribution >= 0.6 is 0 Å². The molecule has 0 fully saturated rings. The topological polar surface area (TPSA) is 75.7 Å². The van der Waals surface area contributed by atoms with Gasteiger partial charge < -0.3 is 10.1 Å². The predicted octanol–water partition coefficient (Wildman–Crippen LogP) is 2.40. The Balaban J connectivity index is 2.78. The van der Waals surface area contributed by atoms with Crippen molar-refractivity contribution in [2.45, 2.75) is 46.3 Å². The average molecular weight is 356 g/mol. The summed E-state index contributed by atoms with van der Waals surface area (Å²) in [5.74, 6) is 0.730. The lowest BCUT2D eigenvalue weighted by Gasteiger charge is -2.23. The van der Waals surface area contributed by atoms with Crippen LogP contribution in [0.15, 0.2) is 24.3 Å². The van der Waals surface area contributed by atoms with E-state index in [1.165, 1.54) is 11.4 Å². The molecule has 1 N–H and O–H groups in total. The maximum Gasteiger partial charge on any atom is 0.261 e. The Morgan fingerprint density at radius 2 is 1.75 bits per heavy atom. The summed E-state index contributed by atoms with van der Waals surface area (Å²) in [5.41, 5.74) is 0.538. The highest BCUT2D eigenvalue weighted by molar-refractivity contribution is 7.92. The van der Waals surface area contributed by atoms with Gasteiger partial charge in [0.15, 0.2) is 6.10 Å². The molecule has 0 unspecified atom stereocenters. The van der Waals surface area contributed by atoms with Gasteiger partial charge in [-0.05, 0) is 43.5 Å². The van der Waals surface area contributed by atoms with E-state index >= 15 is 0 Å². The second-order valence-corrected chi connectivity index (χ2v) is 8.29. The summed E-state index contributed by atoms with van der Waals surface area (Å²) in [6, 6.07) is 6.70. The SMILES string of the molecule is CC[C@@H](Oc1ccc(N(C)S(C)(=O)=O)cc1)C(=O)N[C@@H](C)C(C)C. The summed E-state index contributed by atoms with van der Waals surface area (Å²) in [7, 11) is -1.82. The van der Waals surface area contributed by atoms with Crippen LogP contribution in [0.3, 0.4) is 0 Å². The van der Waals surface area contributed by atoms with Gasteiger partial charge in [-0.1, -0.05) is 20.8 Å². The highest BCUT2D eigenvalue weighted by atomic mass is 32.2. The second kappa shape index (κ2) is 8.37. The van der Waals surface area contributed by atoms with Gasteiger partial charge in [-0.15, -0.1) is 0 Å². The number of sulfonamides is 1. The largest absolute Gasteiger partial charge is 0.481 e. The Kier molecular flexibility index (Phi) is 7.08. The number of carbonyl (C=O) groups excluding carboxylic acids is 1. The van der Waals surface area contributed by atoms with Crippen LogP contribution in [0.2, 0.25) is 0 Å². The zero-order valence-electron chi connectivity index (χ0n) is 15.2. The lowest BCUT2D eigenvalue weighted by atomic mass is 10.1. The monoisotopic (exact) mass is 356 g/mol. The first-order valence-corrected chi connectivity index (χ1v) is 9.92. The van der Waals surface area contributed by atoms with Crippen molar-refractivity contribution in [2.75, 3.05) is 17.6 Å². The molecule has 0 radical (unpaired) electrons. The van der Waals surface area contributed by atoms with E-state index in [2.05, 4.69) is 5.32 Å². The first kappa shape index (κ1) is 20.3. The minimum absolute atomic E-state index is 0.0703. The fourth-order valence-electron chi connectivity index (χ4n) is 1.90. The Bertz CT molecular complexity index is 641.